The van der Waals surface area contributed by atoms with Gasteiger partial charge in [0.25, 0.3) is 5.91 Å². The van der Waals surface area contributed by atoms with Gasteiger partial charge < -0.3 is 10.6 Å². The molecule has 1 aliphatic heterocycles. The summed E-state index contributed by atoms with van der Waals surface area (Å²) in [7, 11) is -3.49. The van der Waals surface area contributed by atoms with Crippen LogP contribution in [0.3, 0.4) is 0 Å². The number of imide groups is 1. The molecule has 0 aromatic heterocycles. The first-order chi connectivity index (χ1) is 15.7. The van der Waals surface area contributed by atoms with Crippen molar-refractivity contribution in [3.05, 3.63) is 77.9 Å². The van der Waals surface area contributed by atoms with Crippen LogP contribution in [0.4, 0.5) is 10.5 Å². The standard InChI is InChI=1S/C23H24N4O5S/c1-2-13-24-33(31,32)15-16-7-9-18(10-8-16)25-20(28)14-27-21(29)23(26-22(27)30)12-11-17-5-3-4-6-19(17)23/h2-10,24H,1,11-15H2,(H,25,28)(H,26,30). The number of nitrogens with zero attached hydrogens (tertiary/aromatic N) is 1. The van der Waals surface area contributed by atoms with Gasteiger partial charge in [-0.25, -0.2) is 17.9 Å². The van der Waals surface area contributed by atoms with Crippen LogP contribution in [0.2, 0.25) is 0 Å². The summed E-state index contributed by atoms with van der Waals surface area (Å²) in [4.78, 5) is 39.2. The predicted octanol–water partition coefficient (Wildman–Crippen LogP) is 1.62. The Balaban J connectivity index is 1.39. The molecule has 2 aromatic carbocycles. The van der Waals surface area contributed by atoms with E-state index in [1.54, 1.807) is 24.3 Å². The summed E-state index contributed by atoms with van der Waals surface area (Å²) < 4.78 is 26.3. The number of carbonyl (C=O) groups is 3. The number of fused-ring (bicyclic) bond motifs is 2. The molecule has 1 saturated heterocycles. The van der Waals surface area contributed by atoms with Gasteiger partial charge in [0.2, 0.25) is 15.9 Å². The lowest BCUT2D eigenvalue weighted by Crippen LogP contribution is -2.42. The molecule has 4 amide bonds. The predicted molar refractivity (Wildman–Crippen MR) is 123 cm³/mol. The van der Waals surface area contributed by atoms with E-state index in [9.17, 15) is 22.8 Å². The largest absolute Gasteiger partial charge is 0.325 e. The van der Waals surface area contributed by atoms with Crippen molar-refractivity contribution in [2.24, 2.45) is 0 Å². The maximum absolute atomic E-state index is 13.1. The van der Waals surface area contributed by atoms with Gasteiger partial charge in [-0.05, 0) is 41.7 Å². The van der Waals surface area contributed by atoms with E-state index in [0.29, 0.717) is 24.1 Å². The van der Waals surface area contributed by atoms with E-state index in [2.05, 4.69) is 21.9 Å². The van der Waals surface area contributed by atoms with Crippen molar-refractivity contribution in [1.29, 1.82) is 0 Å². The Morgan fingerprint density at radius 3 is 2.61 bits per heavy atom. The first kappa shape index (κ1) is 22.7. The van der Waals surface area contributed by atoms with Crippen LogP contribution in [0.25, 0.3) is 0 Å². The van der Waals surface area contributed by atoms with Crippen molar-refractivity contribution < 1.29 is 22.8 Å². The Hall–Kier alpha value is -3.50. The monoisotopic (exact) mass is 468 g/mol. The molecule has 2 aliphatic rings. The van der Waals surface area contributed by atoms with Crippen LogP contribution in [0.1, 0.15) is 23.1 Å². The third kappa shape index (κ3) is 4.53. The van der Waals surface area contributed by atoms with Crippen molar-refractivity contribution >= 4 is 33.6 Å². The molecule has 3 N–H and O–H groups in total. The number of nitrogens with one attached hydrogen (secondary N) is 3. The molecule has 2 aromatic rings. The first-order valence-electron chi connectivity index (χ1n) is 10.4. The molecule has 9 nitrogen and oxygen atoms in total. The molecule has 33 heavy (non-hydrogen) atoms. The van der Waals surface area contributed by atoms with E-state index in [-0.39, 0.29) is 12.3 Å². The van der Waals surface area contributed by atoms with Crippen LogP contribution >= 0.6 is 0 Å². The molecule has 172 valence electrons. The molecule has 0 saturated carbocycles. The summed E-state index contributed by atoms with van der Waals surface area (Å²) >= 11 is 0. The second kappa shape index (κ2) is 8.80. The van der Waals surface area contributed by atoms with E-state index in [1.807, 2.05) is 24.3 Å². The fourth-order valence-electron chi connectivity index (χ4n) is 4.22. The summed E-state index contributed by atoms with van der Waals surface area (Å²) in [5, 5.41) is 5.43. The molecule has 0 radical (unpaired) electrons. The Morgan fingerprint density at radius 1 is 1.15 bits per heavy atom. The second-order valence-corrected chi connectivity index (χ2v) is 9.83. The molecule has 1 heterocycles. The van der Waals surface area contributed by atoms with Gasteiger partial charge in [-0.15, -0.1) is 6.58 Å². The number of carbonyl (C=O) groups excluding carboxylic acids is 3. The topological polar surface area (TPSA) is 125 Å². The summed E-state index contributed by atoms with van der Waals surface area (Å²) in [6, 6.07) is 13.2. The number of sulfonamides is 1. The van der Waals surface area contributed by atoms with Crippen LogP contribution in [0.5, 0.6) is 0 Å². The van der Waals surface area contributed by atoms with E-state index in [1.165, 1.54) is 6.08 Å². The van der Waals surface area contributed by atoms with Gasteiger partial charge in [0.15, 0.2) is 0 Å². The number of hydrogen-bond donors (Lipinski definition) is 3. The minimum absolute atomic E-state index is 0.145. The van der Waals surface area contributed by atoms with E-state index in [4.69, 9.17) is 0 Å². The zero-order valence-electron chi connectivity index (χ0n) is 17.8. The Bertz CT molecular complexity index is 1230. The SMILES string of the molecule is C=CCNS(=O)(=O)Cc1ccc(NC(=O)CN2C(=O)NC3(CCc4ccccc43)C2=O)cc1. The molecule has 10 heteroatoms. The van der Waals surface area contributed by atoms with Crippen molar-refractivity contribution in [2.75, 3.05) is 18.4 Å². The van der Waals surface area contributed by atoms with Gasteiger partial charge in [0.05, 0.1) is 5.75 Å². The fraction of sp³-hybridized carbons (Fsp3) is 0.261. The van der Waals surface area contributed by atoms with E-state index in [0.717, 1.165) is 16.0 Å². The average molecular weight is 469 g/mol. The zero-order valence-corrected chi connectivity index (χ0v) is 18.7. The highest BCUT2D eigenvalue weighted by Crippen LogP contribution is 2.41. The molecular weight excluding hydrogens is 444 g/mol. The molecule has 1 spiro atoms. The normalized spacial score (nSPS) is 19.5. The van der Waals surface area contributed by atoms with Gasteiger partial charge in [-0.1, -0.05) is 42.5 Å². The van der Waals surface area contributed by atoms with Gasteiger partial charge in [0.1, 0.15) is 12.1 Å². The number of benzene rings is 2. The summed E-state index contributed by atoms with van der Waals surface area (Å²) in [5.41, 5.74) is 1.65. The molecule has 1 fully saturated rings. The lowest BCUT2D eigenvalue weighted by molar-refractivity contribution is -0.134. The van der Waals surface area contributed by atoms with Gasteiger partial charge in [0, 0.05) is 12.2 Å². The van der Waals surface area contributed by atoms with Crippen molar-refractivity contribution in [1.82, 2.24) is 14.9 Å². The smallest absolute Gasteiger partial charge is 0.325 e. The lowest BCUT2D eigenvalue weighted by atomic mass is 9.92. The number of aryl methyl sites for hydroxylation is 1. The highest BCUT2D eigenvalue weighted by Gasteiger charge is 2.55. The first-order valence-corrected chi connectivity index (χ1v) is 12.1. The van der Waals surface area contributed by atoms with Gasteiger partial charge in [-0.3, -0.25) is 14.5 Å². The van der Waals surface area contributed by atoms with Crippen LogP contribution in [-0.4, -0.2) is 44.3 Å². The fourth-order valence-corrected chi connectivity index (χ4v) is 5.32. The highest BCUT2D eigenvalue weighted by molar-refractivity contribution is 7.88. The molecule has 4 rings (SSSR count). The number of amides is 4. The van der Waals surface area contributed by atoms with E-state index >= 15 is 0 Å². The number of urea groups is 1. The molecule has 0 bridgehead atoms. The van der Waals surface area contributed by atoms with Gasteiger partial charge >= 0.3 is 6.03 Å². The molecule has 1 aliphatic carbocycles. The van der Waals surface area contributed by atoms with Crippen molar-refractivity contribution in [2.45, 2.75) is 24.1 Å². The van der Waals surface area contributed by atoms with Crippen LogP contribution in [0.15, 0.2) is 61.2 Å². The number of anilines is 1. The zero-order chi connectivity index (χ0) is 23.6. The highest BCUT2D eigenvalue weighted by atomic mass is 32.2. The summed E-state index contributed by atoms with van der Waals surface area (Å²) in [6.45, 7) is 3.19. The number of hydrogen-bond acceptors (Lipinski definition) is 5. The van der Waals surface area contributed by atoms with Crippen LogP contribution < -0.4 is 15.4 Å². The molecule has 1 unspecified atom stereocenters. The van der Waals surface area contributed by atoms with Gasteiger partial charge in [-0.2, -0.15) is 0 Å². The number of rotatable bonds is 8. The quantitative estimate of drug-likeness (QED) is 0.401. The third-order valence-corrected chi connectivity index (χ3v) is 7.09. The Morgan fingerprint density at radius 2 is 1.88 bits per heavy atom. The third-order valence-electron chi connectivity index (χ3n) is 5.77. The van der Waals surface area contributed by atoms with Crippen LogP contribution in [0, 0.1) is 0 Å². The Labute approximate surface area is 191 Å². The van der Waals surface area contributed by atoms with Crippen molar-refractivity contribution in [3.8, 4) is 0 Å². The second-order valence-electron chi connectivity index (χ2n) is 8.03. The molecular formula is C23H24N4O5S. The molecule has 1 atom stereocenters. The lowest BCUT2D eigenvalue weighted by Gasteiger charge is -2.22. The minimum atomic E-state index is -3.49. The summed E-state index contributed by atoms with van der Waals surface area (Å²) in [5.74, 6) is -1.17. The average Bonchev–Trinajstić information content (AvgIpc) is 3.27. The maximum Gasteiger partial charge on any atom is 0.325 e. The van der Waals surface area contributed by atoms with E-state index < -0.39 is 40.0 Å². The van der Waals surface area contributed by atoms with Crippen LogP contribution in [-0.2, 0) is 37.3 Å². The maximum atomic E-state index is 13.1. The van der Waals surface area contributed by atoms with Crippen molar-refractivity contribution in [3.63, 3.8) is 0 Å². The summed E-state index contributed by atoms with van der Waals surface area (Å²) in [6.07, 6.45) is 2.59. The minimum Gasteiger partial charge on any atom is -0.325 e. The Kier molecular flexibility index (Phi) is 6.05.